The molecule has 7 nitrogen and oxygen atoms in total. The van der Waals surface area contributed by atoms with Gasteiger partial charge in [-0.15, -0.1) is 0 Å². The van der Waals surface area contributed by atoms with Crippen LogP contribution in [-0.4, -0.2) is 31.5 Å². The zero-order chi connectivity index (χ0) is 10.0. The van der Waals surface area contributed by atoms with E-state index in [1.54, 1.807) is 0 Å². The number of hydrogen-bond acceptors (Lipinski definition) is 5. The van der Waals surface area contributed by atoms with E-state index in [0.29, 0.717) is 0 Å². The SMILES string of the molecule is COc1[se]c([N+](=O)[O-])cc1[N+](=O)[O-]. The van der Waals surface area contributed by atoms with Crippen molar-refractivity contribution in [1.82, 2.24) is 0 Å². The summed E-state index contributed by atoms with van der Waals surface area (Å²) in [5, 5.41) is 20.6. The van der Waals surface area contributed by atoms with Gasteiger partial charge in [-0.1, -0.05) is 0 Å². The summed E-state index contributed by atoms with van der Waals surface area (Å²) in [7, 11) is 1.26. The number of methoxy groups -OCH3 is 1. The summed E-state index contributed by atoms with van der Waals surface area (Å²) in [4.78, 5) is 19.3. The maximum atomic E-state index is 10.3. The Bertz CT molecular complexity index is 360. The Balaban J connectivity index is 3.19. The summed E-state index contributed by atoms with van der Waals surface area (Å²) in [5.41, 5.74) is -0.311. The molecule has 0 saturated heterocycles. The van der Waals surface area contributed by atoms with Gasteiger partial charge in [0.1, 0.15) is 0 Å². The molecule has 70 valence electrons. The van der Waals surface area contributed by atoms with Crippen molar-refractivity contribution in [2.45, 2.75) is 0 Å². The van der Waals surface area contributed by atoms with Gasteiger partial charge in [0.2, 0.25) is 0 Å². The third-order valence-corrected chi connectivity index (χ3v) is 3.40. The molecule has 0 fully saturated rings. The van der Waals surface area contributed by atoms with Gasteiger partial charge < -0.3 is 0 Å². The molecule has 0 aromatic carbocycles. The molecule has 1 aromatic heterocycles. The number of rotatable bonds is 3. The molecule has 0 aliphatic rings. The standard InChI is InChI=1S/C5H4N2O5Se/c1-12-5-3(6(8)9)2-4(13-5)7(10)11/h2H,1H3. The van der Waals surface area contributed by atoms with Crippen LogP contribution in [0.5, 0.6) is 4.62 Å². The van der Waals surface area contributed by atoms with E-state index in [2.05, 4.69) is 4.74 Å². The summed E-state index contributed by atoms with van der Waals surface area (Å²) < 4.78 is 4.61. The fourth-order valence-electron chi connectivity index (χ4n) is 0.716. The van der Waals surface area contributed by atoms with Crippen LogP contribution < -0.4 is 4.74 Å². The van der Waals surface area contributed by atoms with Gasteiger partial charge in [-0.25, -0.2) is 0 Å². The van der Waals surface area contributed by atoms with E-state index in [1.165, 1.54) is 7.11 Å². The molecule has 0 spiro atoms. The summed E-state index contributed by atoms with van der Waals surface area (Å²) in [6.07, 6.45) is 0. The predicted octanol–water partition coefficient (Wildman–Crippen LogP) is 0.569. The maximum absolute atomic E-state index is 10.3. The topological polar surface area (TPSA) is 95.5 Å². The fraction of sp³-hybridized carbons (Fsp3) is 0.200. The van der Waals surface area contributed by atoms with Crippen LogP contribution >= 0.6 is 0 Å². The van der Waals surface area contributed by atoms with Crippen molar-refractivity contribution in [3.8, 4) is 4.62 Å². The molecule has 0 aliphatic carbocycles. The molecular weight excluding hydrogens is 247 g/mol. The van der Waals surface area contributed by atoms with Crippen LogP contribution in [0.25, 0.3) is 0 Å². The summed E-state index contributed by atoms with van der Waals surface area (Å²) >= 11 is -0.694. The van der Waals surface area contributed by atoms with E-state index >= 15 is 0 Å². The molecule has 0 radical (unpaired) electrons. The fourth-order valence-corrected chi connectivity index (χ4v) is 2.30. The minimum absolute atomic E-state index is 0.0872. The van der Waals surface area contributed by atoms with Crippen molar-refractivity contribution < 1.29 is 14.6 Å². The van der Waals surface area contributed by atoms with Crippen LogP contribution in [0.3, 0.4) is 0 Å². The van der Waals surface area contributed by atoms with Crippen molar-refractivity contribution in [3.63, 3.8) is 0 Å². The third kappa shape index (κ3) is 1.85. The zero-order valence-corrected chi connectivity index (χ0v) is 8.13. The second-order valence-electron chi connectivity index (χ2n) is 1.98. The van der Waals surface area contributed by atoms with Gasteiger partial charge in [0.25, 0.3) is 0 Å². The molecule has 0 amide bonds. The first-order chi connectivity index (χ1) is 6.06. The Kier molecular flexibility index (Phi) is 2.64. The van der Waals surface area contributed by atoms with Gasteiger partial charge in [-0.3, -0.25) is 0 Å². The summed E-state index contributed by atoms with van der Waals surface area (Å²) in [6.45, 7) is 0. The Hall–Kier alpha value is -1.40. The van der Waals surface area contributed by atoms with Crippen LogP contribution in [0.2, 0.25) is 0 Å². The van der Waals surface area contributed by atoms with Gasteiger partial charge in [-0.2, -0.15) is 0 Å². The van der Waals surface area contributed by atoms with Gasteiger partial charge in [0.15, 0.2) is 0 Å². The second kappa shape index (κ2) is 3.54. The molecular formula is C5H4N2O5Se. The van der Waals surface area contributed by atoms with E-state index in [4.69, 9.17) is 0 Å². The predicted molar refractivity (Wildman–Crippen MR) is 43.2 cm³/mol. The average molecular weight is 251 g/mol. The third-order valence-electron chi connectivity index (χ3n) is 1.23. The van der Waals surface area contributed by atoms with E-state index in [9.17, 15) is 20.2 Å². The van der Waals surface area contributed by atoms with Crippen LogP contribution in [0.4, 0.5) is 10.2 Å². The molecule has 1 heterocycles. The molecule has 13 heavy (non-hydrogen) atoms. The van der Waals surface area contributed by atoms with Gasteiger partial charge in [0.05, 0.1) is 0 Å². The number of ether oxygens (including phenoxy) is 1. The first-order valence-corrected chi connectivity index (χ1v) is 4.74. The van der Waals surface area contributed by atoms with Gasteiger partial charge in [-0.05, 0) is 0 Å². The Morgan fingerprint density at radius 3 is 2.31 bits per heavy atom. The van der Waals surface area contributed by atoms with E-state index < -0.39 is 24.4 Å². The minimum atomic E-state index is -0.694. The molecule has 0 unspecified atom stereocenters. The molecule has 1 rings (SSSR count). The second-order valence-corrected chi connectivity index (χ2v) is 4.06. The monoisotopic (exact) mass is 252 g/mol. The summed E-state index contributed by atoms with van der Waals surface area (Å²) in [5.74, 6) is 0. The average Bonchev–Trinajstić information content (AvgIpc) is 2.47. The van der Waals surface area contributed by atoms with Gasteiger partial charge in [0, 0.05) is 0 Å². The van der Waals surface area contributed by atoms with Crippen LogP contribution in [0.1, 0.15) is 0 Å². The van der Waals surface area contributed by atoms with Crippen molar-refractivity contribution >= 4 is 24.8 Å². The molecule has 1 aromatic rings. The molecule has 0 N–H and O–H groups in total. The van der Waals surface area contributed by atoms with Crippen molar-refractivity contribution in [2.24, 2.45) is 0 Å². The van der Waals surface area contributed by atoms with Gasteiger partial charge >= 0.3 is 77.4 Å². The quantitative estimate of drug-likeness (QED) is 0.444. The first-order valence-electron chi connectivity index (χ1n) is 3.03. The molecule has 0 saturated carbocycles. The van der Waals surface area contributed by atoms with Crippen LogP contribution in [-0.2, 0) is 0 Å². The molecule has 0 atom stereocenters. The number of nitrogens with zero attached hydrogens (tertiary/aromatic N) is 2. The number of hydrogen-bond donors (Lipinski definition) is 0. The normalized spacial score (nSPS) is 9.62. The van der Waals surface area contributed by atoms with Crippen molar-refractivity contribution in [2.75, 3.05) is 7.11 Å². The molecule has 0 bridgehead atoms. The Morgan fingerprint density at radius 2 is 2.00 bits per heavy atom. The summed E-state index contributed by atoms with van der Waals surface area (Å²) in [6, 6.07) is 0.943. The number of nitro groups is 2. The van der Waals surface area contributed by atoms with Crippen LogP contribution in [0, 0.1) is 20.2 Å². The Labute approximate surface area is 78.0 Å². The van der Waals surface area contributed by atoms with E-state index in [-0.39, 0.29) is 14.9 Å². The molecule has 0 aliphatic heterocycles. The Morgan fingerprint density at radius 1 is 1.38 bits per heavy atom. The van der Waals surface area contributed by atoms with Crippen LogP contribution in [0.15, 0.2) is 6.07 Å². The molecule has 8 heteroatoms. The van der Waals surface area contributed by atoms with E-state index in [1.807, 2.05) is 0 Å². The van der Waals surface area contributed by atoms with E-state index in [0.717, 1.165) is 6.07 Å². The van der Waals surface area contributed by atoms with Crippen molar-refractivity contribution in [3.05, 3.63) is 26.3 Å². The van der Waals surface area contributed by atoms with Crippen molar-refractivity contribution in [1.29, 1.82) is 0 Å². The first kappa shape index (κ1) is 9.69. The zero-order valence-electron chi connectivity index (χ0n) is 6.42.